The van der Waals surface area contributed by atoms with Gasteiger partial charge >= 0.3 is 0 Å². The van der Waals surface area contributed by atoms with E-state index in [-0.39, 0.29) is 17.3 Å². The SMILES string of the molecule is Cc1nc(N)c(C(=O)c2ccc(Cl)cc2)nc1C. The van der Waals surface area contributed by atoms with Crippen molar-refractivity contribution >= 4 is 23.2 Å². The van der Waals surface area contributed by atoms with Crippen LogP contribution in [-0.2, 0) is 0 Å². The van der Waals surface area contributed by atoms with E-state index in [0.29, 0.717) is 16.3 Å². The van der Waals surface area contributed by atoms with Crippen molar-refractivity contribution in [3.8, 4) is 0 Å². The second-order valence-corrected chi connectivity index (χ2v) is 4.40. The average Bonchev–Trinajstić information content (AvgIpc) is 2.34. The number of carbonyl (C=O) groups is 1. The van der Waals surface area contributed by atoms with Gasteiger partial charge in [0, 0.05) is 10.6 Å². The molecule has 1 aromatic heterocycles. The van der Waals surface area contributed by atoms with Crippen LogP contribution < -0.4 is 5.73 Å². The van der Waals surface area contributed by atoms with Crippen molar-refractivity contribution in [3.63, 3.8) is 0 Å². The van der Waals surface area contributed by atoms with Gasteiger partial charge in [-0.15, -0.1) is 0 Å². The van der Waals surface area contributed by atoms with Crippen molar-refractivity contribution in [1.29, 1.82) is 0 Å². The Morgan fingerprint density at radius 1 is 1.11 bits per heavy atom. The van der Waals surface area contributed by atoms with Crippen LogP contribution in [0.5, 0.6) is 0 Å². The highest BCUT2D eigenvalue weighted by Gasteiger charge is 2.16. The van der Waals surface area contributed by atoms with Crippen molar-refractivity contribution in [3.05, 3.63) is 51.9 Å². The molecule has 2 rings (SSSR count). The molecule has 0 saturated carbocycles. The highest BCUT2D eigenvalue weighted by Crippen LogP contribution is 2.16. The van der Waals surface area contributed by atoms with Gasteiger partial charge in [-0.1, -0.05) is 11.6 Å². The molecular weight excluding hydrogens is 250 g/mol. The number of nitrogens with two attached hydrogens (primary N) is 1. The highest BCUT2D eigenvalue weighted by molar-refractivity contribution is 6.30. The fourth-order valence-corrected chi connectivity index (χ4v) is 1.65. The van der Waals surface area contributed by atoms with E-state index in [2.05, 4.69) is 9.97 Å². The molecule has 0 spiro atoms. The van der Waals surface area contributed by atoms with Gasteiger partial charge in [-0.25, -0.2) is 9.97 Å². The van der Waals surface area contributed by atoms with Gasteiger partial charge < -0.3 is 5.73 Å². The van der Waals surface area contributed by atoms with E-state index in [1.54, 1.807) is 38.1 Å². The number of anilines is 1. The Kier molecular flexibility index (Phi) is 3.30. The minimum Gasteiger partial charge on any atom is -0.382 e. The first-order chi connectivity index (χ1) is 8.49. The zero-order chi connectivity index (χ0) is 13.3. The Balaban J connectivity index is 2.46. The number of ketones is 1. The standard InChI is InChI=1S/C13H12ClN3O/c1-7-8(2)17-13(15)11(16-7)12(18)9-3-5-10(14)6-4-9/h3-6H,1-2H3,(H2,15,17). The Morgan fingerprint density at radius 2 is 1.67 bits per heavy atom. The Bertz CT molecular complexity index is 608. The molecular formula is C13H12ClN3O. The molecule has 0 atom stereocenters. The quantitative estimate of drug-likeness (QED) is 0.844. The van der Waals surface area contributed by atoms with Crippen LogP contribution in [0, 0.1) is 13.8 Å². The summed E-state index contributed by atoms with van der Waals surface area (Å²) < 4.78 is 0. The summed E-state index contributed by atoms with van der Waals surface area (Å²) >= 11 is 5.78. The molecule has 0 unspecified atom stereocenters. The summed E-state index contributed by atoms with van der Waals surface area (Å²) in [6, 6.07) is 6.58. The number of benzene rings is 1. The van der Waals surface area contributed by atoms with Gasteiger partial charge in [0.2, 0.25) is 5.78 Å². The molecule has 0 aliphatic rings. The number of carbonyl (C=O) groups excluding carboxylic acids is 1. The van der Waals surface area contributed by atoms with E-state index in [0.717, 1.165) is 5.69 Å². The van der Waals surface area contributed by atoms with Gasteiger partial charge in [0.15, 0.2) is 11.5 Å². The Labute approximate surface area is 110 Å². The van der Waals surface area contributed by atoms with Gasteiger partial charge in [0.1, 0.15) is 0 Å². The molecule has 2 N–H and O–H groups in total. The summed E-state index contributed by atoms with van der Waals surface area (Å²) in [4.78, 5) is 20.5. The third-order valence-corrected chi connectivity index (χ3v) is 2.91. The van der Waals surface area contributed by atoms with Crippen LogP contribution in [0.1, 0.15) is 27.4 Å². The molecule has 0 bridgehead atoms. The average molecular weight is 262 g/mol. The fourth-order valence-electron chi connectivity index (χ4n) is 1.53. The summed E-state index contributed by atoms with van der Waals surface area (Å²) in [5.74, 6) is -0.0992. The first-order valence-corrected chi connectivity index (χ1v) is 5.78. The van der Waals surface area contributed by atoms with E-state index < -0.39 is 0 Å². The first-order valence-electron chi connectivity index (χ1n) is 5.40. The number of aryl methyl sites for hydroxylation is 2. The predicted octanol–water partition coefficient (Wildman–Crippen LogP) is 2.56. The molecule has 0 fully saturated rings. The van der Waals surface area contributed by atoms with Crippen LogP contribution in [0.15, 0.2) is 24.3 Å². The second-order valence-electron chi connectivity index (χ2n) is 3.96. The van der Waals surface area contributed by atoms with Crippen LogP contribution in [0.25, 0.3) is 0 Å². The smallest absolute Gasteiger partial charge is 0.215 e. The maximum absolute atomic E-state index is 12.2. The third kappa shape index (κ3) is 2.33. The van der Waals surface area contributed by atoms with Gasteiger partial charge in [-0.3, -0.25) is 4.79 Å². The molecule has 0 aliphatic carbocycles. The van der Waals surface area contributed by atoms with Crippen LogP contribution >= 0.6 is 11.6 Å². The number of aromatic nitrogens is 2. The Hall–Kier alpha value is -1.94. The van der Waals surface area contributed by atoms with E-state index in [4.69, 9.17) is 17.3 Å². The van der Waals surface area contributed by atoms with E-state index in [1.807, 2.05) is 0 Å². The zero-order valence-electron chi connectivity index (χ0n) is 10.1. The molecule has 1 aromatic carbocycles. The third-order valence-electron chi connectivity index (χ3n) is 2.66. The lowest BCUT2D eigenvalue weighted by Gasteiger charge is -2.06. The molecule has 0 aliphatic heterocycles. The largest absolute Gasteiger partial charge is 0.382 e. The zero-order valence-corrected chi connectivity index (χ0v) is 10.8. The van der Waals surface area contributed by atoms with Crippen LogP contribution in [0.2, 0.25) is 5.02 Å². The summed E-state index contributed by atoms with van der Waals surface area (Å²) in [6.07, 6.45) is 0. The lowest BCUT2D eigenvalue weighted by molar-refractivity contribution is 0.103. The van der Waals surface area contributed by atoms with E-state index in [9.17, 15) is 4.79 Å². The normalized spacial score (nSPS) is 10.4. The minimum atomic E-state index is -0.250. The first kappa shape index (κ1) is 12.5. The van der Waals surface area contributed by atoms with Crippen LogP contribution in [0.4, 0.5) is 5.82 Å². The van der Waals surface area contributed by atoms with Gasteiger partial charge in [0.25, 0.3) is 0 Å². The van der Waals surface area contributed by atoms with Gasteiger partial charge in [-0.2, -0.15) is 0 Å². The topological polar surface area (TPSA) is 68.9 Å². The summed E-state index contributed by atoms with van der Waals surface area (Å²) in [5, 5.41) is 0.575. The molecule has 4 nitrogen and oxygen atoms in total. The predicted molar refractivity (Wildman–Crippen MR) is 70.8 cm³/mol. The van der Waals surface area contributed by atoms with Crippen LogP contribution in [0.3, 0.4) is 0 Å². The minimum absolute atomic E-state index is 0.151. The van der Waals surface area contributed by atoms with E-state index >= 15 is 0 Å². The number of hydrogen-bond acceptors (Lipinski definition) is 4. The molecule has 5 heteroatoms. The Morgan fingerprint density at radius 3 is 2.28 bits per heavy atom. The van der Waals surface area contributed by atoms with Crippen molar-refractivity contribution < 1.29 is 4.79 Å². The molecule has 1 heterocycles. The fraction of sp³-hybridized carbons (Fsp3) is 0.154. The van der Waals surface area contributed by atoms with Crippen molar-refractivity contribution in [1.82, 2.24) is 9.97 Å². The summed E-state index contributed by atoms with van der Waals surface area (Å²) in [7, 11) is 0. The maximum atomic E-state index is 12.2. The number of hydrogen-bond donors (Lipinski definition) is 1. The molecule has 0 saturated heterocycles. The molecule has 18 heavy (non-hydrogen) atoms. The van der Waals surface area contributed by atoms with Crippen molar-refractivity contribution in [2.24, 2.45) is 0 Å². The highest BCUT2D eigenvalue weighted by atomic mass is 35.5. The second kappa shape index (κ2) is 4.74. The molecule has 92 valence electrons. The van der Waals surface area contributed by atoms with Crippen molar-refractivity contribution in [2.75, 3.05) is 5.73 Å². The lowest BCUT2D eigenvalue weighted by atomic mass is 10.1. The number of nitrogens with zero attached hydrogens (tertiary/aromatic N) is 2. The number of nitrogen functional groups attached to an aromatic ring is 1. The van der Waals surface area contributed by atoms with E-state index in [1.165, 1.54) is 0 Å². The van der Waals surface area contributed by atoms with Gasteiger partial charge in [0.05, 0.1) is 11.4 Å². The molecule has 0 amide bonds. The number of rotatable bonds is 2. The lowest BCUT2D eigenvalue weighted by Crippen LogP contribution is -2.12. The number of halogens is 1. The molecule has 0 radical (unpaired) electrons. The monoisotopic (exact) mass is 261 g/mol. The maximum Gasteiger partial charge on any atom is 0.215 e. The summed E-state index contributed by atoms with van der Waals surface area (Å²) in [6.45, 7) is 3.59. The van der Waals surface area contributed by atoms with Crippen molar-refractivity contribution in [2.45, 2.75) is 13.8 Å². The summed E-state index contributed by atoms with van der Waals surface area (Å²) in [5.41, 5.74) is 7.83. The van der Waals surface area contributed by atoms with Gasteiger partial charge in [-0.05, 0) is 38.1 Å². The van der Waals surface area contributed by atoms with Crippen LogP contribution in [-0.4, -0.2) is 15.8 Å². The molecule has 2 aromatic rings.